The third kappa shape index (κ3) is 1610. The molecule has 6 nitrogen and oxygen atoms in total. The van der Waals surface area contributed by atoms with Gasteiger partial charge in [0.15, 0.2) is 0 Å². The van der Waals surface area contributed by atoms with Gasteiger partial charge in [-0.05, 0) is 0 Å². The van der Waals surface area contributed by atoms with Crippen molar-refractivity contribution < 1.29 is 22.3 Å². The van der Waals surface area contributed by atoms with Crippen molar-refractivity contribution in [3.05, 3.63) is 30.8 Å². The smallest absolute Gasteiger partial charge is 0 e. The van der Waals surface area contributed by atoms with Gasteiger partial charge in [-0.3, -0.25) is 0 Å². The van der Waals surface area contributed by atoms with Gasteiger partial charge >= 0.3 is 0 Å². The molecule has 0 amide bonds. The van der Waals surface area contributed by atoms with E-state index >= 15 is 0 Å². The molecule has 0 aliphatic heterocycles. The molecule has 0 unspecified atom stereocenters. The van der Waals surface area contributed by atoms with Gasteiger partial charge in [-0.25, -0.2) is 0 Å². The molecule has 0 atom stereocenters. The second-order valence-corrected chi connectivity index (χ2v) is 0. The number of rotatable bonds is 0. The maximum Gasteiger partial charge on any atom is 0 e. The fraction of sp³-hybridized carbons (Fsp3) is 0. The van der Waals surface area contributed by atoms with Crippen molar-refractivity contribution in [2.75, 3.05) is 0 Å². The van der Waals surface area contributed by atoms with Crippen LogP contribution in [0.4, 0.5) is 0 Å². The molecule has 0 heterocycles. The summed E-state index contributed by atoms with van der Waals surface area (Å²) in [6.07, 6.45) is 0. The van der Waals surface area contributed by atoms with Crippen LogP contribution in [0.2, 0.25) is 0 Å². The number of nitrogens with two attached hydrogens (primary N) is 5. The van der Waals surface area contributed by atoms with E-state index in [9.17, 15) is 0 Å². The molecule has 0 bridgehead atoms. The van der Waals surface area contributed by atoms with Crippen molar-refractivity contribution in [1.29, 1.82) is 0 Å². The van der Waals surface area contributed by atoms with Crippen LogP contribution in [-0.4, -0.2) is 5.48 Å². The minimum atomic E-state index is 0. The van der Waals surface area contributed by atoms with Crippen molar-refractivity contribution in [3.8, 4) is 0 Å². The minimum absolute atomic E-state index is 0. The van der Waals surface area contributed by atoms with E-state index in [1.165, 1.54) is 0 Å². The molecule has 57 valence electrons. The first-order chi connectivity index (χ1) is 0. The summed E-state index contributed by atoms with van der Waals surface area (Å²) in [6, 6.07) is 0. The normalized spacial score (nSPS) is 0. The molecule has 0 saturated carbocycles. The molecule has 0 saturated heterocycles. The molecule has 0 aliphatic carbocycles. The predicted molar refractivity (Wildman–Crippen MR) is 30.0 cm³/mol. The first-order valence-corrected chi connectivity index (χ1v) is 0. The largest absolute Gasteiger partial charge is 0.693 e. The number of hydrogen-bond donors (Lipinski definition) is 0. The Morgan fingerprint density at radius 2 is 0.429 bits per heavy atom. The third-order valence-corrected chi connectivity index (χ3v) is 0. The summed E-state index contributed by atoms with van der Waals surface area (Å²) >= 11 is 0. The molecule has 7 heavy (non-hydrogen) atoms. The standard InChI is InChI=1S/Co.5H2N.H2O/h;6*1H2/q;5*-1;. The Balaban J connectivity index is 0. The first-order valence-electron chi connectivity index (χ1n) is 0. The van der Waals surface area contributed by atoms with E-state index in [4.69, 9.17) is 0 Å². The van der Waals surface area contributed by atoms with E-state index < -0.39 is 0 Å². The van der Waals surface area contributed by atoms with Gasteiger partial charge < -0.3 is 36.2 Å². The van der Waals surface area contributed by atoms with Gasteiger partial charge in [-0.1, -0.05) is 0 Å². The molecule has 0 rings (SSSR count). The zero-order valence-corrected chi connectivity index (χ0v) is 4.76. The summed E-state index contributed by atoms with van der Waals surface area (Å²) < 4.78 is 0. The summed E-state index contributed by atoms with van der Waals surface area (Å²) in [5.74, 6) is 0. The van der Waals surface area contributed by atoms with Gasteiger partial charge in [0.1, 0.15) is 0 Å². The SMILES string of the molecule is O.[Co].[NH2-].[NH2-].[NH2-].[NH2-].[NH2-]. The van der Waals surface area contributed by atoms with Crippen molar-refractivity contribution >= 4 is 0 Å². The average Bonchev–Trinajstić information content (AvgIpc) is 0. The monoisotopic (exact) mass is 157 g/mol. The maximum atomic E-state index is 0. The van der Waals surface area contributed by atoms with E-state index in [0.29, 0.717) is 0 Å². The molecule has 12 N–H and O–H groups in total. The molecular weight excluding hydrogens is 145 g/mol. The van der Waals surface area contributed by atoms with Crippen molar-refractivity contribution in [2.24, 2.45) is 0 Å². The van der Waals surface area contributed by atoms with Crippen LogP contribution in [0.25, 0.3) is 30.8 Å². The molecule has 0 fully saturated rings. The molecular formula is H12CoN5O-5. The topological polar surface area (TPSA) is 199 Å². The summed E-state index contributed by atoms with van der Waals surface area (Å²) in [6.45, 7) is 0. The Bertz CT molecular complexity index is 8.04. The second kappa shape index (κ2) is 2450. The molecule has 0 aromatic heterocycles. The van der Waals surface area contributed by atoms with Crippen LogP contribution >= 0.6 is 0 Å². The first kappa shape index (κ1) is 4020. The minimum Gasteiger partial charge on any atom is -0.693 e. The van der Waals surface area contributed by atoms with Crippen molar-refractivity contribution in [3.63, 3.8) is 0 Å². The third-order valence-electron chi connectivity index (χ3n) is 0. The Kier molecular flexibility index (Phi) is 1400000. The molecule has 1 radical (unpaired) electrons. The van der Waals surface area contributed by atoms with Crippen LogP contribution in [0, 0.1) is 0 Å². The summed E-state index contributed by atoms with van der Waals surface area (Å²) in [5.41, 5.74) is 0. The maximum absolute atomic E-state index is 0. The molecule has 0 aromatic rings. The number of hydrogen-bond acceptors (Lipinski definition) is 0. The predicted octanol–water partition coefficient (Wildman–Crippen LogP) is 2.76. The Morgan fingerprint density at radius 3 is 0.429 bits per heavy atom. The molecule has 0 aromatic carbocycles. The summed E-state index contributed by atoms with van der Waals surface area (Å²) in [4.78, 5) is 0. The quantitative estimate of drug-likeness (QED) is 0.497. The van der Waals surface area contributed by atoms with Gasteiger partial charge in [0.2, 0.25) is 0 Å². The van der Waals surface area contributed by atoms with Gasteiger partial charge in [0.25, 0.3) is 0 Å². The van der Waals surface area contributed by atoms with Crippen LogP contribution < -0.4 is 0 Å². The summed E-state index contributed by atoms with van der Waals surface area (Å²) in [5, 5.41) is 0. The summed E-state index contributed by atoms with van der Waals surface area (Å²) in [7, 11) is 0. The van der Waals surface area contributed by atoms with Gasteiger partial charge in [0.05, 0.1) is 0 Å². The Labute approximate surface area is 53.8 Å². The fourth-order valence-electron chi connectivity index (χ4n) is 0. The van der Waals surface area contributed by atoms with Gasteiger partial charge in [-0.15, -0.1) is 0 Å². The van der Waals surface area contributed by atoms with Gasteiger partial charge in [-0.2, -0.15) is 0 Å². The van der Waals surface area contributed by atoms with E-state index in [2.05, 4.69) is 0 Å². The zero-order chi connectivity index (χ0) is 0. The molecule has 7 heteroatoms. The van der Waals surface area contributed by atoms with Crippen molar-refractivity contribution in [2.45, 2.75) is 0 Å². The van der Waals surface area contributed by atoms with Crippen LogP contribution in [0.1, 0.15) is 0 Å². The van der Waals surface area contributed by atoms with E-state index in [1.54, 1.807) is 0 Å². The van der Waals surface area contributed by atoms with Crippen LogP contribution in [0.15, 0.2) is 0 Å². The Morgan fingerprint density at radius 1 is 0.429 bits per heavy atom. The second-order valence-electron chi connectivity index (χ2n) is 0. The van der Waals surface area contributed by atoms with Crippen LogP contribution in [0.3, 0.4) is 0 Å². The Hall–Kier alpha value is 0.266. The van der Waals surface area contributed by atoms with Crippen LogP contribution in [0.5, 0.6) is 0 Å². The average molecular weight is 157 g/mol. The van der Waals surface area contributed by atoms with Gasteiger partial charge in [0, 0.05) is 16.8 Å². The van der Waals surface area contributed by atoms with Crippen LogP contribution in [-0.2, 0) is 16.8 Å². The molecule has 0 spiro atoms. The van der Waals surface area contributed by atoms with E-state index in [0.717, 1.165) is 0 Å². The zero-order valence-electron chi connectivity index (χ0n) is 3.72. The van der Waals surface area contributed by atoms with Crippen molar-refractivity contribution in [1.82, 2.24) is 0 Å². The van der Waals surface area contributed by atoms with E-state index in [1.807, 2.05) is 0 Å². The molecule has 0 aliphatic rings. The fourth-order valence-corrected chi connectivity index (χ4v) is 0. The van der Waals surface area contributed by atoms with E-state index in [-0.39, 0.29) is 53.0 Å².